The van der Waals surface area contributed by atoms with Crippen LogP contribution in [0.3, 0.4) is 0 Å². The molecule has 0 spiro atoms. The topological polar surface area (TPSA) is 49.4 Å². The second-order valence-corrected chi connectivity index (χ2v) is 7.22. The summed E-state index contributed by atoms with van der Waals surface area (Å²) in [6.07, 6.45) is 5.24. The molecule has 3 rings (SSSR count). The molecule has 2 aromatic carbocycles. The minimum atomic E-state index is -0.0420. The Bertz CT molecular complexity index is 735. The maximum absolute atomic E-state index is 12.1. The Morgan fingerprint density at radius 2 is 1.56 bits per heavy atom. The van der Waals surface area contributed by atoms with Crippen LogP contribution in [0.2, 0.25) is 0 Å². The van der Waals surface area contributed by atoms with Gasteiger partial charge in [-0.25, -0.2) is 0 Å². The summed E-state index contributed by atoms with van der Waals surface area (Å²) in [5.74, 6) is 0.0464. The van der Waals surface area contributed by atoms with Gasteiger partial charge >= 0.3 is 0 Å². The molecular weight excluding hydrogens is 336 g/mol. The summed E-state index contributed by atoms with van der Waals surface area (Å²) in [5.41, 5.74) is 2.81. The predicted octanol–water partition coefficient (Wildman–Crippen LogP) is 4.66. The van der Waals surface area contributed by atoms with Crippen LogP contribution < -0.4 is 5.32 Å². The van der Waals surface area contributed by atoms with Gasteiger partial charge in [-0.2, -0.15) is 0 Å². The van der Waals surface area contributed by atoms with Crippen molar-refractivity contribution in [2.24, 2.45) is 0 Å². The van der Waals surface area contributed by atoms with Crippen molar-refractivity contribution in [1.82, 2.24) is 4.90 Å². The number of ketones is 1. The fourth-order valence-corrected chi connectivity index (χ4v) is 3.47. The highest BCUT2D eigenvalue weighted by atomic mass is 16.1. The van der Waals surface area contributed by atoms with E-state index in [0.29, 0.717) is 24.8 Å². The highest BCUT2D eigenvalue weighted by Crippen LogP contribution is 2.16. The van der Waals surface area contributed by atoms with Crippen molar-refractivity contribution in [3.63, 3.8) is 0 Å². The Labute approximate surface area is 161 Å². The average molecular weight is 364 g/mol. The van der Waals surface area contributed by atoms with Gasteiger partial charge in [0.2, 0.25) is 5.91 Å². The largest absolute Gasteiger partial charge is 0.326 e. The van der Waals surface area contributed by atoms with Crippen LogP contribution in [0.1, 0.15) is 54.4 Å². The molecule has 1 amide bonds. The van der Waals surface area contributed by atoms with E-state index in [2.05, 4.69) is 22.3 Å². The third-order valence-corrected chi connectivity index (χ3v) is 5.00. The molecule has 142 valence electrons. The van der Waals surface area contributed by atoms with Crippen LogP contribution in [0, 0.1) is 0 Å². The Morgan fingerprint density at radius 1 is 0.852 bits per heavy atom. The van der Waals surface area contributed by atoms with E-state index in [1.807, 2.05) is 42.5 Å². The zero-order valence-electron chi connectivity index (χ0n) is 15.8. The summed E-state index contributed by atoms with van der Waals surface area (Å²) in [6.45, 7) is 3.34. The van der Waals surface area contributed by atoms with E-state index in [4.69, 9.17) is 0 Å². The number of carbonyl (C=O) groups excluding carboxylic acids is 2. The van der Waals surface area contributed by atoms with Crippen molar-refractivity contribution >= 4 is 17.4 Å². The van der Waals surface area contributed by atoms with Crippen molar-refractivity contribution in [1.29, 1.82) is 0 Å². The van der Waals surface area contributed by atoms with E-state index in [1.165, 1.54) is 37.9 Å². The number of amides is 1. The van der Waals surface area contributed by atoms with Crippen molar-refractivity contribution < 1.29 is 9.59 Å². The fourth-order valence-electron chi connectivity index (χ4n) is 3.47. The van der Waals surface area contributed by atoms with E-state index < -0.39 is 0 Å². The molecule has 0 atom stereocenters. The summed E-state index contributed by atoms with van der Waals surface area (Å²) >= 11 is 0. The maximum Gasteiger partial charge on any atom is 0.224 e. The molecule has 0 bridgehead atoms. The number of hydrogen-bond donors (Lipinski definition) is 1. The third kappa shape index (κ3) is 6.33. The smallest absolute Gasteiger partial charge is 0.224 e. The van der Waals surface area contributed by atoms with Crippen LogP contribution in [-0.4, -0.2) is 29.7 Å². The van der Waals surface area contributed by atoms with Gasteiger partial charge in [0.05, 0.1) is 0 Å². The Morgan fingerprint density at radius 3 is 2.26 bits per heavy atom. The molecule has 1 fully saturated rings. The van der Waals surface area contributed by atoms with E-state index in [9.17, 15) is 9.59 Å². The van der Waals surface area contributed by atoms with Crippen molar-refractivity contribution in [2.75, 3.05) is 18.4 Å². The lowest BCUT2D eigenvalue weighted by atomic mass is 10.1. The molecule has 1 aliphatic rings. The minimum absolute atomic E-state index is 0.0420. The van der Waals surface area contributed by atoms with Crippen molar-refractivity contribution in [2.45, 2.75) is 45.1 Å². The summed E-state index contributed by atoms with van der Waals surface area (Å²) < 4.78 is 0. The number of piperidine rings is 1. The van der Waals surface area contributed by atoms with E-state index in [1.54, 1.807) is 0 Å². The first kappa shape index (κ1) is 19.3. The zero-order valence-corrected chi connectivity index (χ0v) is 15.8. The summed E-state index contributed by atoms with van der Waals surface area (Å²) in [4.78, 5) is 26.6. The first-order valence-corrected chi connectivity index (χ1v) is 9.90. The van der Waals surface area contributed by atoms with E-state index in [-0.39, 0.29) is 11.7 Å². The summed E-state index contributed by atoms with van der Waals surface area (Å²) in [5, 5.41) is 2.92. The second kappa shape index (κ2) is 10.0. The predicted molar refractivity (Wildman–Crippen MR) is 109 cm³/mol. The van der Waals surface area contributed by atoms with E-state index in [0.717, 1.165) is 12.2 Å². The first-order valence-electron chi connectivity index (χ1n) is 9.90. The van der Waals surface area contributed by atoms with Gasteiger partial charge in [-0.05, 0) is 50.0 Å². The lowest BCUT2D eigenvalue weighted by Crippen LogP contribution is -2.29. The number of benzene rings is 2. The van der Waals surface area contributed by atoms with Crippen LogP contribution in [0.5, 0.6) is 0 Å². The van der Waals surface area contributed by atoms with Crippen LogP contribution in [-0.2, 0) is 11.3 Å². The summed E-state index contributed by atoms with van der Waals surface area (Å²) in [7, 11) is 0. The normalized spacial score (nSPS) is 14.7. The highest BCUT2D eigenvalue weighted by molar-refractivity contribution is 5.96. The Hall–Kier alpha value is -2.46. The average Bonchev–Trinajstić information content (AvgIpc) is 2.71. The molecule has 0 saturated carbocycles. The molecule has 0 aliphatic carbocycles. The number of hydrogen-bond acceptors (Lipinski definition) is 3. The Kier molecular flexibility index (Phi) is 7.17. The third-order valence-electron chi connectivity index (χ3n) is 5.00. The van der Waals surface area contributed by atoms with Gasteiger partial charge in [-0.1, -0.05) is 48.9 Å². The van der Waals surface area contributed by atoms with Gasteiger partial charge in [0.1, 0.15) is 0 Å². The van der Waals surface area contributed by atoms with E-state index >= 15 is 0 Å². The molecule has 4 heteroatoms. The molecule has 1 aliphatic heterocycles. The molecule has 2 aromatic rings. The lowest BCUT2D eigenvalue weighted by molar-refractivity contribution is -0.116. The molecule has 0 aromatic heterocycles. The van der Waals surface area contributed by atoms with Gasteiger partial charge in [-0.3, -0.25) is 14.5 Å². The van der Waals surface area contributed by atoms with Crippen LogP contribution in [0.15, 0.2) is 54.6 Å². The monoisotopic (exact) mass is 364 g/mol. The standard InChI is InChI=1S/C23H28N2O2/c26-22(20-8-3-1-4-9-20)10-7-11-23(27)24-21-14-12-19(13-15-21)18-25-16-5-2-6-17-25/h1,3-4,8-9,12-15H,2,5-7,10-11,16-18H2,(H,24,27). The molecule has 27 heavy (non-hydrogen) atoms. The number of rotatable bonds is 8. The van der Waals surface area contributed by atoms with Crippen LogP contribution in [0.4, 0.5) is 5.69 Å². The SMILES string of the molecule is O=C(CCCC(=O)c1ccccc1)Nc1ccc(CN2CCCCC2)cc1. The number of likely N-dealkylation sites (tertiary alicyclic amines) is 1. The molecule has 0 radical (unpaired) electrons. The molecule has 1 N–H and O–H groups in total. The highest BCUT2D eigenvalue weighted by Gasteiger charge is 2.11. The van der Waals surface area contributed by atoms with Crippen LogP contribution >= 0.6 is 0 Å². The molecular formula is C23H28N2O2. The van der Waals surface area contributed by atoms with Gasteiger partial charge in [0, 0.05) is 30.6 Å². The molecule has 0 unspecified atom stereocenters. The second-order valence-electron chi connectivity index (χ2n) is 7.22. The Balaban J connectivity index is 1.39. The minimum Gasteiger partial charge on any atom is -0.326 e. The quantitative estimate of drug-likeness (QED) is 0.693. The molecule has 4 nitrogen and oxygen atoms in total. The number of nitrogens with one attached hydrogen (secondary N) is 1. The van der Waals surface area contributed by atoms with Crippen LogP contribution in [0.25, 0.3) is 0 Å². The van der Waals surface area contributed by atoms with Crippen molar-refractivity contribution in [3.8, 4) is 0 Å². The van der Waals surface area contributed by atoms with Gasteiger partial charge < -0.3 is 5.32 Å². The number of nitrogens with zero attached hydrogens (tertiary/aromatic N) is 1. The zero-order chi connectivity index (χ0) is 18.9. The van der Waals surface area contributed by atoms with Crippen molar-refractivity contribution in [3.05, 3.63) is 65.7 Å². The number of anilines is 1. The van der Waals surface area contributed by atoms with Gasteiger partial charge in [0.25, 0.3) is 0 Å². The number of carbonyl (C=O) groups is 2. The number of Topliss-reactive ketones (excluding diaryl/α,β-unsaturated/α-hetero) is 1. The van der Waals surface area contributed by atoms with Gasteiger partial charge in [-0.15, -0.1) is 0 Å². The maximum atomic E-state index is 12.1. The summed E-state index contributed by atoms with van der Waals surface area (Å²) in [6, 6.07) is 17.3. The lowest BCUT2D eigenvalue weighted by Gasteiger charge is -2.26. The molecule has 1 saturated heterocycles. The first-order chi connectivity index (χ1) is 13.2. The molecule has 1 heterocycles. The fraction of sp³-hybridized carbons (Fsp3) is 0.391. The van der Waals surface area contributed by atoms with Gasteiger partial charge in [0.15, 0.2) is 5.78 Å².